The maximum Gasteiger partial charge on any atom is 0.127 e. The molecular formula is C20H32FN. The number of benzene rings is 1. The maximum absolute atomic E-state index is 14.5. The molecule has 2 rings (SSSR count). The second-order valence-corrected chi connectivity index (χ2v) is 7.75. The van der Waals surface area contributed by atoms with Crippen molar-refractivity contribution in [3.05, 3.63) is 35.1 Å². The molecule has 1 nitrogen and oxygen atoms in total. The zero-order valence-corrected chi connectivity index (χ0v) is 14.9. The fraction of sp³-hybridized carbons (Fsp3) is 0.700. The molecule has 22 heavy (non-hydrogen) atoms. The predicted octanol–water partition coefficient (Wildman–Crippen LogP) is 5.45. The molecule has 2 heteroatoms. The monoisotopic (exact) mass is 305 g/mol. The van der Waals surface area contributed by atoms with Crippen molar-refractivity contribution in [1.82, 2.24) is 4.90 Å². The summed E-state index contributed by atoms with van der Waals surface area (Å²) in [4.78, 5) is 2.48. The summed E-state index contributed by atoms with van der Waals surface area (Å²) in [6.07, 6.45) is 2.31. The van der Waals surface area contributed by atoms with E-state index in [4.69, 9.17) is 0 Å². The molecule has 1 aromatic rings. The van der Waals surface area contributed by atoms with Crippen molar-refractivity contribution < 1.29 is 4.39 Å². The Balaban J connectivity index is 2.09. The van der Waals surface area contributed by atoms with E-state index in [0.29, 0.717) is 11.8 Å². The number of hydrogen-bond donors (Lipinski definition) is 0. The quantitative estimate of drug-likeness (QED) is 0.699. The molecule has 1 aliphatic heterocycles. The molecule has 0 aliphatic carbocycles. The van der Waals surface area contributed by atoms with Crippen molar-refractivity contribution >= 4 is 0 Å². The molecule has 0 amide bonds. The van der Waals surface area contributed by atoms with Crippen molar-refractivity contribution in [2.45, 2.75) is 59.9 Å². The predicted molar refractivity (Wildman–Crippen MR) is 92.5 cm³/mol. The smallest absolute Gasteiger partial charge is 0.127 e. The Labute approximate surface area is 135 Å². The van der Waals surface area contributed by atoms with Crippen LogP contribution in [0.25, 0.3) is 0 Å². The fourth-order valence-corrected chi connectivity index (χ4v) is 4.20. The van der Waals surface area contributed by atoms with Gasteiger partial charge in [0.1, 0.15) is 5.82 Å². The van der Waals surface area contributed by atoms with E-state index in [0.717, 1.165) is 49.0 Å². The van der Waals surface area contributed by atoms with Crippen LogP contribution >= 0.6 is 0 Å². The van der Waals surface area contributed by atoms with E-state index in [1.807, 2.05) is 6.07 Å². The molecule has 0 aromatic heterocycles. The van der Waals surface area contributed by atoms with Gasteiger partial charge in [0.25, 0.3) is 0 Å². The summed E-state index contributed by atoms with van der Waals surface area (Å²) >= 11 is 0. The molecule has 1 fully saturated rings. The van der Waals surface area contributed by atoms with E-state index in [1.54, 1.807) is 6.07 Å². The lowest BCUT2D eigenvalue weighted by Crippen LogP contribution is -2.38. The normalized spacial score (nSPS) is 24.7. The second kappa shape index (κ2) is 7.59. The third-order valence-electron chi connectivity index (χ3n) is 5.06. The van der Waals surface area contributed by atoms with Crippen molar-refractivity contribution in [1.29, 1.82) is 0 Å². The van der Waals surface area contributed by atoms with E-state index in [2.05, 4.69) is 45.6 Å². The molecule has 1 heterocycles. The van der Waals surface area contributed by atoms with E-state index >= 15 is 0 Å². The molecule has 0 N–H and O–H groups in total. The first-order chi connectivity index (χ1) is 10.4. The zero-order valence-electron chi connectivity index (χ0n) is 14.9. The Bertz CT molecular complexity index is 473. The van der Waals surface area contributed by atoms with Gasteiger partial charge in [0, 0.05) is 19.6 Å². The highest BCUT2D eigenvalue weighted by atomic mass is 19.1. The van der Waals surface area contributed by atoms with E-state index in [1.165, 1.54) is 6.42 Å². The molecule has 1 aliphatic rings. The number of nitrogens with zero attached hydrogens (tertiary/aromatic N) is 1. The van der Waals surface area contributed by atoms with Crippen LogP contribution in [0.15, 0.2) is 18.2 Å². The average molecular weight is 305 g/mol. The van der Waals surface area contributed by atoms with Gasteiger partial charge in [-0.05, 0) is 53.7 Å². The summed E-state index contributed by atoms with van der Waals surface area (Å²) in [5, 5.41) is 0. The minimum atomic E-state index is -0.0174. The summed E-state index contributed by atoms with van der Waals surface area (Å²) < 4.78 is 14.5. The molecule has 3 atom stereocenters. The first-order valence-electron chi connectivity index (χ1n) is 8.91. The number of rotatable bonds is 5. The SMILES string of the molecule is CCC(c1ccc(CN2CC(C)CC(C)C2)cc1F)C(C)C. The zero-order chi connectivity index (χ0) is 16.3. The van der Waals surface area contributed by atoms with Gasteiger partial charge < -0.3 is 0 Å². The Morgan fingerprint density at radius 1 is 1.18 bits per heavy atom. The molecule has 0 spiro atoms. The van der Waals surface area contributed by atoms with Gasteiger partial charge in [-0.15, -0.1) is 0 Å². The largest absolute Gasteiger partial charge is 0.299 e. The summed E-state index contributed by atoms with van der Waals surface area (Å²) in [5.41, 5.74) is 2.00. The third kappa shape index (κ3) is 4.32. The van der Waals surface area contributed by atoms with Crippen molar-refractivity contribution in [2.24, 2.45) is 17.8 Å². The van der Waals surface area contributed by atoms with Gasteiger partial charge in [-0.25, -0.2) is 4.39 Å². The van der Waals surface area contributed by atoms with Gasteiger partial charge in [-0.1, -0.05) is 46.8 Å². The lowest BCUT2D eigenvalue weighted by atomic mass is 9.85. The van der Waals surface area contributed by atoms with E-state index < -0.39 is 0 Å². The lowest BCUT2D eigenvalue weighted by Gasteiger charge is -2.35. The number of hydrogen-bond acceptors (Lipinski definition) is 1. The molecule has 0 radical (unpaired) electrons. The van der Waals surface area contributed by atoms with Crippen LogP contribution in [-0.2, 0) is 6.54 Å². The Kier molecular flexibility index (Phi) is 6.02. The number of piperidine rings is 1. The molecule has 0 saturated carbocycles. The van der Waals surface area contributed by atoms with Crippen molar-refractivity contribution in [3.8, 4) is 0 Å². The van der Waals surface area contributed by atoms with Crippen LogP contribution in [0.5, 0.6) is 0 Å². The first-order valence-corrected chi connectivity index (χ1v) is 8.91. The number of likely N-dealkylation sites (tertiary alicyclic amines) is 1. The van der Waals surface area contributed by atoms with Gasteiger partial charge in [0.15, 0.2) is 0 Å². The third-order valence-corrected chi connectivity index (χ3v) is 5.06. The number of halogens is 1. The highest BCUT2D eigenvalue weighted by molar-refractivity contribution is 5.27. The van der Waals surface area contributed by atoms with Gasteiger partial charge in [-0.3, -0.25) is 4.90 Å². The fourth-order valence-electron chi connectivity index (χ4n) is 4.20. The average Bonchev–Trinajstić information content (AvgIpc) is 2.40. The summed E-state index contributed by atoms with van der Waals surface area (Å²) in [5.74, 6) is 2.28. The van der Waals surface area contributed by atoms with Crippen LogP contribution in [0.2, 0.25) is 0 Å². The van der Waals surface area contributed by atoms with E-state index in [9.17, 15) is 4.39 Å². The van der Waals surface area contributed by atoms with Gasteiger partial charge in [-0.2, -0.15) is 0 Å². The van der Waals surface area contributed by atoms with Crippen LogP contribution in [0, 0.1) is 23.6 Å². The molecule has 1 saturated heterocycles. The summed E-state index contributed by atoms with van der Waals surface area (Å²) in [6, 6.07) is 5.92. The van der Waals surface area contributed by atoms with Crippen LogP contribution in [-0.4, -0.2) is 18.0 Å². The van der Waals surface area contributed by atoms with Crippen molar-refractivity contribution in [3.63, 3.8) is 0 Å². The first kappa shape index (κ1) is 17.5. The van der Waals surface area contributed by atoms with E-state index in [-0.39, 0.29) is 5.82 Å². The molecule has 3 unspecified atom stereocenters. The van der Waals surface area contributed by atoms with Crippen LogP contribution < -0.4 is 0 Å². The molecule has 124 valence electrons. The lowest BCUT2D eigenvalue weighted by molar-refractivity contribution is 0.134. The topological polar surface area (TPSA) is 3.24 Å². The van der Waals surface area contributed by atoms with Gasteiger partial charge >= 0.3 is 0 Å². The Hall–Kier alpha value is -0.890. The van der Waals surface area contributed by atoms with Crippen LogP contribution in [0.4, 0.5) is 4.39 Å². The summed E-state index contributed by atoms with van der Waals surface area (Å²) in [6.45, 7) is 14.3. The highest BCUT2D eigenvalue weighted by Crippen LogP contribution is 2.30. The van der Waals surface area contributed by atoms with Gasteiger partial charge in [0.05, 0.1) is 0 Å². The molecule has 1 aromatic carbocycles. The molecular weight excluding hydrogens is 273 g/mol. The Morgan fingerprint density at radius 2 is 1.82 bits per heavy atom. The standard InChI is InChI=1S/C20H32FN/c1-6-18(14(2)3)19-8-7-17(10-20(19)21)13-22-11-15(4)9-16(5)12-22/h7-8,10,14-16,18H,6,9,11-13H2,1-5H3. The Morgan fingerprint density at radius 3 is 2.32 bits per heavy atom. The summed E-state index contributed by atoms with van der Waals surface area (Å²) in [7, 11) is 0. The van der Waals surface area contributed by atoms with Crippen LogP contribution in [0.3, 0.4) is 0 Å². The van der Waals surface area contributed by atoms with Crippen molar-refractivity contribution in [2.75, 3.05) is 13.1 Å². The highest BCUT2D eigenvalue weighted by Gasteiger charge is 2.22. The maximum atomic E-state index is 14.5. The van der Waals surface area contributed by atoms with Crippen LogP contribution in [0.1, 0.15) is 64.5 Å². The minimum absolute atomic E-state index is 0.0174. The molecule has 0 bridgehead atoms. The van der Waals surface area contributed by atoms with Gasteiger partial charge in [0.2, 0.25) is 0 Å². The second-order valence-electron chi connectivity index (χ2n) is 7.75. The minimum Gasteiger partial charge on any atom is -0.299 e.